The largest absolute Gasteiger partial charge is 0.411 e. The lowest BCUT2D eigenvalue weighted by atomic mass is 10.1. The number of alkyl halides is 3. The Morgan fingerprint density at radius 1 is 1.08 bits per heavy atom. The van der Waals surface area contributed by atoms with E-state index in [0.717, 1.165) is 23.6 Å². The second-order valence-corrected chi connectivity index (χ2v) is 6.38. The highest BCUT2D eigenvalue weighted by molar-refractivity contribution is 7.07. The lowest BCUT2D eigenvalue weighted by Crippen LogP contribution is -2.36. The van der Waals surface area contributed by atoms with E-state index < -0.39 is 12.8 Å². The SMILES string of the molecule is CCNC(=NCc1ccsc1)NCc1ccc(COCC(F)(F)F)cc1. The third kappa shape index (κ3) is 7.88. The van der Waals surface area contributed by atoms with E-state index in [1.807, 2.05) is 30.5 Å². The Balaban J connectivity index is 1.81. The number of benzene rings is 1. The summed E-state index contributed by atoms with van der Waals surface area (Å²) in [5.74, 6) is 0.719. The van der Waals surface area contributed by atoms with Gasteiger partial charge in [-0.1, -0.05) is 24.3 Å². The van der Waals surface area contributed by atoms with E-state index in [1.54, 1.807) is 23.5 Å². The summed E-state index contributed by atoms with van der Waals surface area (Å²) in [5.41, 5.74) is 2.87. The lowest BCUT2D eigenvalue weighted by molar-refractivity contribution is -0.176. The van der Waals surface area contributed by atoms with Crippen LogP contribution in [0, 0.1) is 0 Å². The van der Waals surface area contributed by atoms with Gasteiger partial charge in [-0.25, -0.2) is 4.99 Å². The van der Waals surface area contributed by atoms with Gasteiger partial charge in [0.05, 0.1) is 13.2 Å². The van der Waals surface area contributed by atoms with Crippen molar-refractivity contribution in [1.82, 2.24) is 10.6 Å². The summed E-state index contributed by atoms with van der Waals surface area (Å²) in [6.07, 6.45) is -4.30. The minimum Gasteiger partial charge on any atom is -0.367 e. The number of nitrogens with zero attached hydrogens (tertiary/aromatic N) is 1. The highest BCUT2D eigenvalue weighted by Crippen LogP contribution is 2.15. The molecule has 1 aromatic heterocycles. The number of guanidine groups is 1. The molecule has 8 heteroatoms. The van der Waals surface area contributed by atoms with Gasteiger partial charge in [0.15, 0.2) is 5.96 Å². The standard InChI is InChI=1S/C18H22F3N3OS/c1-2-22-17(24-10-16-7-8-26-12-16)23-9-14-3-5-15(6-4-14)11-25-13-18(19,20)21/h3-8,12H,2,9-11,13H2,1H3,(H2,22,23,24). The first kappa shape index (κ1) is 20.3. The van der Waals surface area contributed by atoms with Crippen molar-refractivity contribution in [3.8, 4) is 0 Å². The Morgan fingerprint density at radius 2 is 1.81 bits per heavy atom. The van der Waals surface area contributed by atoms with Crippen LogP contribution in [-0.2, 0) is 24.4 Å². The number of hydrogen-bond donors (Lipinski definition) is 2. The van der Waals surface area contributed by atoms with Gasteiger partial charge < -0.3 is 15.4 Å². The Bertz CT molecular complexity index is 670. The summed E-state index contributed by atoms with van der Waals surface area (Å²) in [5, 5.41) is 10.5. The molecule has 0 aliphatic rings. The van der Waals surface area contributed by atoms with E-state index in [9.17, 15) is 13.2 Å². The van der Waals surface area contributed by atoms with Crippen molar-refractivity contribution in [3.63, 3.8) is 0 Å². The van der Waals surface area contributed by atoms with E-state index in [1.165, 1.54) is 0 Å². The third-order valence-electron chi connectivity index (χ3n) is 3.36. The van der Waals surface area contributed by atoms with E-state index >= 15 is 0 Å². The molecule has 1 aromatic carbocycles. The van der Waals surface area contributed by atoms with Crippen LogP contribution >= 0.6 is 11.3 Å². The number of ether oxygens (including phenoxy) is 1. The summed E-state index contributed by atoms with van der Waals surface area (Å²) in [6.45, 7) is 2.64. The molecular weight excluding hydrogens is 363 g/mol. The summed E-state index contributed by atoms with van der Waals surface area (Å²) in [7, 11) is 0. The zero-order valence-electron chi connectivity index (χ0n) is 14.5. The molecular formula is C18H22F3N3OS. The predicted octanol–water partition coefficient (Wildman–Crippen LogP) is 4.08. The van der Waals surface area contributed by atoms with Crippen LogP contribution in [0.3, 0.4) is 0 Å². The van der Waals surface area contributed by atoms with Crippen molar-refractivity contribution in [1.29, 1.82) is 0 Å². The van der Waals surface area contributed by atoms with Gasteiger partial charge in [0.25, 0.3) is 0 Å². The maximum atomic E-state index is 12.1. The number of rotatable bonds is 8. The topological polar surface area (TPSA) is 45.7 Å². The van der Waals surface area contributed by atoms with Crippen LogP contribution in [0.2, 0.25) is 0 Å². The van der Waals surface area contributed by atoms with Crippen molar-refractivity contribution in [2.45, 2.75) is 32.8 Å². The van der Waals surface area contributed by atoms with Crippen molar-refractivity contribution in [2.24, 2.45) is 4.99 Å². The average Bonchev–Trinajstić information content (AvgIpc) is 3.11. The normalized spacial score (nSPS) is 12.2. The summed E-state index contributed by atoms with van der Waals surface area (Å²) in [6, 6.07) is 9.30. The molecule has 0 bridgehead atoms. The first-order valence-electron chi connectivity index (χ1n) is 8.22. The minimum atomic E-state index is -4.30. The fourth-order valence-corrected chi connectivity index (χ4v) is 2.78. The molecule has 2 rings (SSSR count). The molecule has 142 valence electrons. The highest BCUT2D eigenvalue weighted by atomic mass is 32.1. The van der Waals surface area contributed by atoms with Crippen LogP contribution < -0.4 is 10.6 Å². The fourth-order valence-electron chi connectivity index (χ4n) is 2.12. The van der Waals surface area contributed by atoms with E-state index in [2.05, 4.69) is 25.7 Å². The second-order valence-electron chi connectivity index (χ2n) is 5.60. The van der Waals surface area contributed by atoms with Crippen LogP contribution in [-0.4, -0.2) is 25.3 Å². The van der Waals surface area contributed by atoms with Crippen LogP contribution in [0.25, 0.3) is 0 Å². The average molecular weight is 385 g/mol. The van der Waals surface area contributed by atoms with Crippen LogP contribution in [0.4, 0.5) is 13.2 Å². The van der Waals surface area contributed by atoms with Crippen LogP contribution in [0.5, 0.6) is 0 Å². The Morgan fingerprint density at radius 3 is 2.42 bits per heavy atom. The smallest absolute Gasteiger partial charge is 0.367 e. The van der Waals surface area contributed by atoms with E-state index in [-0.39, 0.29) is 6.61 Å². The molecule has 1 heterocycles. The molecule has 0 fully saturated rings. The highest BCUT2D eigenvalue weighted by Gasteiger charge is 2.27. The van der Waals surface area contributed by atoms with Gasteiger partial charge in [-0.15, -0.1) is 0 Å². The lowest BCUT2D eigenvalue weighted by Gasteiger charge is -2.12. The number of hydrogen-bond acceptors (Lipinski definition) is 3. The Labute approximate surface area is 155 Å². The number of halogens is 3. The van der Waals surface area contributed by atoms with Gasteiger partial charge in [0.2, 0.25) is 0 Å². The van der Waals surface area contributed by atoms with Gasteiger partial charge in [-0.3, -0.25) is 0 Å². The zero-order chi connectivity index (χ0) is 18.8. The van der Waals surface area contributed by atoms with Gasteiger partial charge in [-0.2, -0.15) is 24.5 Å². The van der Waals surface area contributed by atoms with Crippen molar-refractivity contribution in [2.75, 3.05) is 13.2 Å². The van der Waals surface area contributed by atoms with Gasteiger partial charge in [0, 0.05) is 13.1 Å². The van der Waals surface area contributed by atoms with Gasteiger partial charge in [0.1, 0.15) is 6.61 Å². The predicted molar refractivity (Wildman–Crippen MR) is 98.1 cm³/mol. The van der Waals surface area contributed by atoms with Crippen LogP contribution in [0.15, 0.2) is 46.1 Å². The molecule has 4 nitrogen and oxygen atoms in total. The van der Waals surface area contributed by atoms with Crippen LogP contribution in [0.1, 0.15) is 23.6 Å². The zero-order valence-corrected chi connectivity index (χ0v) is 15.3. The molecule has 2 aromatic rings. The number of thiophene rings is 1. The van der Waals surface area contributed by atoms with Crippen molar-refractivity contribution < 1.29 is 17.9 Å². The third-order valence-corrected chi connectivity index (χ3v) is 4.09. The molecule has 2 N–H and O–H groups in total. The molecule has 0 spiro atoms. The molecule has 0 aliphatic carbocycles. The Kier molecular flexibility index (Phi) is 7.93. The molecule has 0 radical (unpaired) electrons. The molecule has 26 heavy (non-hydrogen) atoms. The quantitative estimate of drug-likeness (QED) is 0.532. The second kappa shape index (κ2) is 10.2. The molecule has 0 saturated carbocycles. The number of nitrogens with one attached hydrogen (secondary N) is 2. The summed E-state index contributed by atoms with van der Waals surface area (Å²) in [4.78, 5) is 4.53. The van der Waals surface area contributed by atoms with E-state index in [4.69, 9.17) is 0 Å². The fraction of sp³-hybridized carbons (Fsp3) is 0.389. The first-order valence-corrected chi connectivity index (χ1v) is 9.16. The molecule has 0 atom stereocenters. The first-order chi connectivity index (χ1) is 12.5. The number of aliphatic imine (C=N–C) groups is 1. The summed E-state index contributed by atoms with van der Waals surface area (Å²) < 4.78 is 40.8. The maximum absolute atomic E-state index is 12.1. The molecule has 0 aliphatic heterocycles. The molecule has 0 unspecified atom stereocenters. The molecule has 0 amide bonds. The van der Waals surface area contributed by atoms with Crippen molar-refractivity contribution >= 4 is 17.3 Å². The van der Waals surface area contributed by atoms with Gasteiger partial charge >= 0.3 is 6.18 Å². The Hall–Kier alpha value is -2.06. The maximum Gasteiger partial charge on any atom is 0.411 e. The van der Waals surface area contributed by atoms with Gasteiger partial charge in [-0.05, 0) is 40.4 Å². The minimum absolute atomic E-state index is 0.0576. The van der Waals surface area contributed by atoms with E-state index in [0.29, 0.717) is 18.7 Å². The molecule has 0 saturated heterocycles. The van der Waals surface area contributed by atoms with Crippen molar-refractivity contribution in [3.05, 3.63) is 57.8 Å². The summed E-state index contributed by atoms with van der Waals surface area (Å²) >= 11 is 1.64. The monoisotopic (exact) mass is 385 g/mol.